The molecule has 1 aliphatic carbocycles. The lowest BCUT2D eigenvalue weighted by atomic mass is 9.95. The fourth-order valence-electron chi connectivity index (χ4n) is 4.68. The highest BCUT2D eigenvalue weighted by atomic mass is 35.5. The molecule has 0 radical (unpaired) electrons. The predicted molar refractivity (Wildman–Crippen MR) is 143 cm³/mol. The number of para-hydroxylation sites is 2. The number of aromatic nitrogens is 2. The lowest BCUT2D eigenvalue weighted by Gasteiger charge is -2.23. The van der Waals surface area contributed by atoms with Gasteiger partial charge in [0.1, 0.15) is 16.9 Å². The third-order valence-electron chi connectivity index (χ3n) is 6.59. The number of carbonyl (C=O) groups is 1. The maximum Gasteiger partial charge on any atom is 0.416 e. The summed E-state index contributed by atoms with van der Waals surface area (Å²) in [7, 11) is 0. The number of H-pyrrole nitrogens is 1. The Labute approximate surface area is 221 Å². The summed E-state index contributed by atoms with van der Waals surface area (Å²) in [6, 6.07) is 10.1. The minimum atomic E-state index is -4.50. The fraction of sp³-hybridized carbons (Fsp3) is 0.333. The zero-order valence-electron chi connectivity index (χ0n) is 20.3. The number of imidazole rings is 1. The predicted octanol–water partition coefficient (Wildman–Crippen LogP) is 7.92. The number of anilines is 2. The molecule has 4 aromatic rings. The molecular formula is C27H26ClF3N4OS. The van der Waals surface area contributed by atoms with Crippen LogP contribution in [0.2, 0.25) is 5.02 Å². The minimum absolute atomic E-state index is 0.0946. The van der Waals surface area contributed by atoms with Gasteiger partial charge in [-0.25, -0.2) is 4.98 Å². The van der Waals surface area contributed by atoms with E-state index in [1.807, 2.05) is 38.1 Å². The molecule has 2 aromatic heterocycles. The largest absolute Gasteiger partial charge is 0.416 e. The number of amides is 1. The molecule has 0 spiro atoms. The number of fused-ring (bicyclic) bond motifs is 2. The van der Waals surface area contributed by atoms with E-state index >= 15 is 0 Å². The molecule has 1 aliphatic rings. The minimum Gasteiger partial charge on any atom is -0.372 e. The van der Waals surface area contributed by atoms with Gasteiger partial charge in [-0.1, -0.05) is 37.6 Å². The molecule has 2 heterocycles. The SMILES string of the molecule is CC(C)[C@H](Nc1ccc(C(F)(F)F)cc1Cl)C(=O)Nc1sc2c(c1-c1nc3ccccc3[nH]1)CCCC2. The molecule has 1 atom stereocenters. The van der Waals surface area contributed by atoms with Crippen LogP contribution in [0.25, 0.3) is 22.4 Å². The molecule has 3 N–H and O–H groups in total. The van der Waals surface area contributed by atoms with Crippen LogP contribution in [0.4, 0.5) is 23.9 Å². The maximum absolute atomic E-state index is 13.5. The van der Waals surface area contributed by atoms with Crippen molar-refractivity contribution in [1.82, 2.24) is 9.97 Å². The summed E-state index contributed by atoms with van der Waals surface area (Å²) >= 11 is 7.72. The van der Waals surface area contributed by atoms with Gasteiger partial charge in [0.25, 0.3) is 0 Å². The van der Waals surface area contributed by atoms with Crippen molar-refractivity contribution in [2.24, 2.45) is 5.92 Å². The van der Waals surface area contributed by atoms with Crippen LogP contribution in [0.5, 0.6) is 0 Å². The topological polar surface area (TPSA) is 69.8 Å². The van der Waals surface area contributed by atoms with E-state index in [0.717, 1.165) is 65.2 Å². The third kappa shape index (κ3) is 5.20. The fourth-order valence-corrected chi connectivity index (χ4v) is 6.21. The molecule has 5 rings (SSSR count). The second-order valence-electron chi connectivity index (χ2n) is 9.57. The quantitative estimate of drug-likeness (QED) is 0.230. The van der Waals surface area contributed by atoms with Crippen LogP contribution < -0.4 is 10.6 Å². The first kappa shape index (κ1) is 25.6. The lowest BCUT2D eigenvalue weighted by molar-refractivity contribution is -0.137. The number of hydrogen-bond acceptors (Lipinski definition) is 4. The molecule has 0 unspecified atom stereocenters. The molecular weight excluding hydrogens is 521 g/mol. The Hall–Kier alpha value is -3.04. The summed E-state index contributed by atoms with van der Waals surface area (Å²) in [5.41, 5.74) is 3.33. The van der Waals surface area contributed by atoms with Crippen molar-refractivity contribution in [2.75, 3.05) is 10.6 Å². The highest BCUT2D eigenvalue weighted by molar-refractivity contribution is 7.17. The van der Waals surface area contributed by atoms with Crippen molar-refractivity contribution >= 4 is 50.6 Å². The third-order valence-corrected chi connectivity index (χ3v) is 8.11. The van der Waals surface area contributed by atoms with Crippen molar-refractivity contribution in [3.63, 3.8) is 0 Å². The van der Waals surface area contributed by atoms with Crippen molar-refractivity contribution in [3.8, 4) is 11.4 Å². The monoisotopic (exact) mass is 546 g/mol. The number of nitrogens with one attached hydrogen (secondary N) is 3. The van der Waals surface area contributed by atoms with E-state index in [1.165, 1.54) is 16.5 Å². The van der Waals surface area contributed by atoms with Gasteiger partial charge in [-0.05, 0) is 67.5 Å². The number of rotatable bonds is 6. The maximum atomic E-state index is 13.5. The summed E-state index contributed by atoms with van der Waals surface area (Å²) in [6.45, 7) is 3.74. The Morgan fingerprint density at radius 2 is 1.89 bits per heavy atom. The number of aryl methyl sites for hydroxylation is 1. The van der Waals surface area contributed by atoms with E-state index in [2.05, 4.69) is 15.6 Å². The molecule has 194 valence electrons. The van der Waals surface area contributed by atoms with Gasteiger partial charge >= 0.3 is 6.18 Å². The first-order valence-corrected chi connectivity index (χ1v) is 13.3. The highest BCUT2D eigenvalue weighted by Gasteiger charge is 2.32. The van der Waals surface area contributed by atoms with Crippen LogP contribution in [-0.2, 0) is 23.8 Å². The Balaban J connectivity index is 1.46. The number of hydrogen-bond donors (Lipinski definition) is 3. The van der Waals surface area contributed by atoms with Crippen molar-refractivity contribution < 1.29 is 18.0 Å². The van der Waals surface area contributed by atoms with Gasteiger partial charge in [-0.3, -0.25) is 4.79 Å². The van der Waals surface area contributed by atoms with Crippen molar-refractivity contribution in [1.29, 1.82) is 0 Å². The average Bonchev–Trinajstić information content (AvgIpc) is 3.42. The Kier molecular flexibility index (Phi) is 6.93. The van der Waals surface area contributed by atoms with Crippen LogP contribution in [0.15, 0.2) is 42.5 Å². The molecule has 2 aromatic carbocycles. The van der Waals surface area contributed by atoms with Crippen LogP contribution in [0.1, 0.15) is 42.7 Å². The number of benzene rings is 2. The van der Waals surface area contributed by atoms with Gasteiger partial charge in [0.2, 0.25) is 5.91 Å². The molecule has 0 saturated carbocycles. The van der Waals surface area contributed by atoms with E-state index in [1.54, 1.807) is 11.3 Å². The zero-order valence-corrected chi connectivity index (χ0v) is 21.9. The van der Waals surface area contributed by atoms with Gasteiger partial charge in [0.05, 0.1) is 32.9 Å². The molecule has 10 heteroatoms. The Bertz CT molecular complexity index is 1430. The summed E-state index contributed by atoms with van der Waals surface area (Å²) in [5.74, 6) is 0.264. The Morgan fingerprint density at radius 3 is 2.59 bits per heavy atom. The smallest absolute Gasteiger partial charge is 0.372 e. The molecule has 0 fully saturated rings. The second-order valence-corrected chi connectivity index (χ2v) is 11.1. The summed E-state index contributed by atoms with van der Waals surface area (Å²) in [5, 5.41) is 6.79. The van der Waals surface area contributed by atoms with E-state index < -0.39 is 17.8 Å². The zero-order chi connectivity index (χ0) is 26.3. The number of halogens is 4. The number of aromatic amines is 1. The van der Waals surface area contributed by atoms with Crippen LogP contribution >= 0.6 is 22.9 Å². The van der Waals surface area contributed by atoms with E-state index in [-0.39, 0.29) is 22.5 Å². The van der Waals surface area contributed by atoms with E-state index in [4.69, 9.17) is 16.6 Å². The molecule has 5 nitrogen and oxygen atoms in total. The average molecular weight is 547 g/mol. The van der Waals surface area contributed by atoms with E-state index in [9.17, 15) is 18.0 Å². The molecule has 1 amide bonds. The summed E-state index contributed by atoms with van der Waals surface area (Å²) in [4.78, 5) is 23.0. The molecule has 0 saturated heterocycles. The van der Waals surface area contributed by atoms with Crippen molar-refractivity contribution in [2.45, 2.75) is 51.7 Å². The van der Waals surface area contributed by atoms with E-state index in [0.29, 0.717) is 0 Å². The normalized spacial score (nSPS) is 14.6. The summed E-state index contributed by atoms with van der Waals surface area (Å²) < 4.78 is 39.2. The van der Waals surface area contributed by atoms with Gasteiger partial charge in [-0.15, -0.1) is 11.3 Å². The number of alkyl halides is 3. The van der Waals surface area contributed by atoms with Crippen LogP contribution in [0.3, 0.4) is 0 Å². The van der Waals surface area contributed by atoms with Crippen molar-refractivity contribution in [3.05, 3.63) is 63.5 Å². The van der Waals surface area contributed by atoms with Crippen LogP contribution in [-0.4, -0.2) is 21.9 Å². The lowest BCUT2D eigenvalue weighted by Crippen LogP contribution is -2.38. The molecule has 0 bridgehead atoms. The summed E-state index contributed by atoms with van der Waals surface area (Å²) in [6.07, 6.45) is -0.449. The molecule has 37 heavy (non-hydrogen) atoms. The van der Waals surface area contributed by atoms with Gasteiger partial charge < -0.3 is 15.6 Å². The highest BCUT2D eigenvalue weighted by Crippen LogP contribution is 2.44. The number of thiophene rings is 1. The van der Waals surface area contributed by atoms with Gasteiger partial charge in [-0.2, -0.15) is 13.2 Å². The second kappa shape index (κ2) is 10.0. The van der Waals surface area contributed by atoms with Gasteiger partial charge in [0.15, 0.2) is 0 Å². The Morgan fingerprint density at radius 1 is 1.14 bits per heavy atom. The number of nitrogens with zero attached hydrogens (tertiary/aromatic N) is 1. The first-order chi connectivity index (χ1) is 17.6. The van der Waals surface area contributed by atoms with Crippen LogP contribution in [0, 0.1) is 5.92 Å². The number of carbonyl (C=O) groups excluding carboxylic acids is 1. The van der Waals surface area contributed by atoms with Gasteiger partial charge in [0, 0.05) is 4.88 Å². The molecule has 0 aliphatic heterocycles. The standard InChI is InChI=1S/C27H26ClF3N4OS/c1-14(2)23(32-18-12-11-15(13-17(18)28)27(29,30)31)25(36)35-26-22(16-7-3-6-10-21(16)37-26)24-33-19-8-4-5-9-20(19)34-24/h4-5,8-9,11-14,23,32H,3,6-7,10H2,1-2H3,(H,33,34)(H,35,36)/t23-/m0/s1. The first-order valence-electron chi connectivity index (χ1n) is 12.2.